The van der Waals surface area contributed by atoms with E-state index in [1.807, 2.05) is 6.92 Å². The minimum absolute atomic E-state index is 0.199. The average Bonchev–Trinajstić information content (AvgIpc) is 2.86. The summed E-state index contributed by atoms with van der Waals surface area (Å²) in [7, 11) is 0. The zero-order valence-corrected chi connectivity index (χ0v) is 9.11. The van der Waals surface area contributed by atoms with Gasteiger partial charge in [0.05, 0.1) is 12.2 Å². The van der Waals surface area contributed by atoms with Gasteiger partial charge in [-0.15, -0.1) is 0 Å². The van der Waals surface area contributed by atoms with E-state index in [-0.39, 0.29) is 18.9 Å². The standard InChI is InChI=1S/C10H15FN4O/c1-2-15-9(3-4-13-15)14-10(16)8-5-7(11)6-12-8/h3-4,7-8,12H,2,5-6H2,1H3,(H,14,16)/t7-,8+/m0/s1. The molecule has 1 saturated heterocycles. The van der Waals surface area contributed by atoms with Crippen molar-refractivity contribution in [1.82, 2.24) is 15.1 Å². The number of halogens is 1. The summed E-state index contributed by atoms with van der Waals surface area (Å²) in [5, 5.41) is 9.61. The SMILES string of the molecule is CCn1nccc1NC(=O)[C@H]1C[C@H](F)CN1. The molecule has 1 amide bonds. The highest BCUT2D eigenvalue weighted by molar-refractivity contribution is 5.94. The summed E-state index contributed by atoms with van der Waals surface area (Å²) < 4.78 is 14.6. The largest absolute Gasteiger partial charge is 0.310 e. The van der Waals surface area contributed by atoms with E-state index in [0.29, 0.717) is 12.4 Å². The number of anilines is 1. The molecule has 0 radical (unpaired) electrons. The van der Waals surface area contributed by atoms with Crippen molar-refractivity contribution in [2.24, 2.45) is 0 Å². The highest BCUT2D eigenvalue weighted by atomic mass is 19.1. The second-order valence-corrected chi connectivity index (χ2v) is 3.82. The lowest BCUT2D eigenvalue weighted by molar-refractivity contribution is -0.117. The summed E-state index contributed by atoms with van der Waals surface area (Å²) in [6, 6.07) is 1.29. The van der Waals surface area contributed by atoms with Gasteiger partial charge in [-0.2, -0.15) is 5.10 Å². The van der Waals surface area contributed by atoms with E-state index in [9.17, 15) is 9.18 Å². The summed E-state index contributed by atoms with van der Waals surface area (Å²) >= 11 is 0. The highest BCUT2D eigenvalue weighted by Crippen LogP contribution is 2.13. The van der Waals surface area contributed by atoms with Crippen molar-refractivity contribution in [3.8, 4) is 0 Å². The molecule has 6 heteroatoms. The molecular formula is C10H15FN4O. The Morgan fingerprint density at radius 1 is 1.81 bits per heavy atom. The first-order valence-electron chi connectivity index (χ1n) is 5.41. The molecular weight excluding hydrogens is 211 g/mol. The highest BCUT2D eigenvalue weighted by Gasteiger charge is 2.29. The van der Waals surface area contributed by atoms with Gasteiger partial charge in [-0.3, -0.25) is 4.79 Å². The average molecular weight is 226 g/mol. The van der Waals surface area contributed by atoms with Crippen molar-refractivity contribution >= 4 is 11.7 Å². The monoisotopic (exact) mass is 226 g/mol. The number of nitrogens with one attached hydrogen (secondary N) is 2. The van der Waals surface area contributed by atoms with Crippen molar-refractivity contribution in [1.29, 1.82) is 0 Å². The van der Waals surface area contributed by atoms with E-state index in [0.717, 1.165) is 0 Å². The fraction of sp³-hybridized carbons (Fsp3) is 0.600. The first-order valence-corrected chi connectivity index (χ1v) is 5.41. The molecule has 2 N–H and O–H groups in total. The number of hydrogen-bond acceptors (Lipinski definition) is 3. The molecule has 0 aromatic carbocycles. The van der Waals surface area contributed by atoms with Crippen LogP contribution in [0.5, 0.6) is 0 Å². The van der Waals surface area contributed by atoms with Crippen molar-refractivity contribution in [3.63, 3.8) is 0 Å². The lowest BCUT2D eigenvalue weighted by Gasteiger charge is -2.11. The number of hydrogen-bond donors (Lipinski definition) is 2. The van der Waals surface area contributed by atoms with Crippen molar-refractivity contribution in [3.05, 3.63) is 12.3 Å². The fourth-order valence-electron chi connectivity index (χ4n) is 1.80. The zero-order valence-electron chi connectivity index (χ0n) is 9.11. The number of aromatic nitrogens is 2. The molecule has 1 aromatic rings. The van der Waals surface area contributed by atoms with Gasteiger partial charge in [-0.1, -0.05) is 0 Å². The van der Waals surface area contributed by atoms with Crippen molar-refractivity contribution in [2.45, 2.75) is 32.1 Å². The van der Waals surface area contributed by atoms with Crippen LogP contribution in [-0.4, -0.2) is 34.4 Å². The Balaban J connectivity index is 1.97. The van der Waals surface area contributed by atoms with E-state index in [4.69, 9.17) is 0 Å². The minimum atomic E-state index is -0.924. The summed E-state index contributed by atoms with van der Waals surface area (Å²) in [6.45, 7) is 2.88. The second-order valence-electron chi connectivity index (χ2n) is 3.82. The van der Waals surface area contributed by atoms with Gasteiger partial charge >= 0.3 is 0 Å². The number of amides is 1. The normalized spacial score (nSPS) is 24.6. The van der Waals surface area contributed by atoms with E-state index in [2.05, 4.69) is 15.7 Å². The Bertz CT molecular complexity index is 379. The van der Waals surface area contributed by atoms with Crippen LogP contribution >= 0.6 is 0 Å². The third-order valence-corrected chi connectivity index (χ3v) is 2.66. The fourth-order valence-corrected chi connectivity index (χ4v) is 1.80. The molecule has 0 saturated carbocycles. The van der Waals surface area contributed by atoms with Crippen LogP contribution in [0.1, 0.15) is 13.3 Å². The first kappa shape index (κ1) is 11.1. The first-order chi connectivity index (χ1) is 7.70. The Hall–Kier alpha value is -1.43. The molecule has 5 nitrogen and oxygen atoms in total. The van der Waals surface area contributed by atoms with Gasteiger partial charge in [0.2, 0.25) is 5.91 Å². The van der Waals surface area contributed by atoms with Gasteiger partial charge in [0, 0.05) is 25.6 Å². The molecule has 2 rings (SSSR count). The van der Waals surface area contributed by atoms with Crippen LogP contribution in [0, 0.1) is 0 Å². The smallest absolute Gasteiger partial charge is 0.242 e. The molecule has 0 unspecified atom stereocenters. The van der Waals surface area contributed by atoms with Gasteiger partial charge in [0.25, 0.3) is 0 Å². The lowest BCUT2D eigenvalue weighted by Crippen LogP contribution is -2.36. The van der Waals surface area contributed by atoms with Crippen LogP contribution in [-0.2, 0) is 11.3 Å². The van der Waals surface area contributed by atoms with Gasteiger partial charge in [-0.25, -0.2) is 9.07 Å². The molecule has 1 aliphatic heterocycles. The molecule has 1 fully saturated rings. The van der Waals surface area contributed by atoms with Crippen LogP contribution in [0.2, 0.25) is 0 Å². The number of rotatable bonds is 3. The van der Waals surface area contributed by atoms with E-state index in [1.54, 1.807) is 16.9 Å². The molecule has 0 bridgehead atoms. The third kappa shape index (κ3) is 2.21. The van der Waals surface area contributed by atoms with Crippen LogP contribution in [0.3, 0.4) is 0 Å². The number of carbonyl (C=O) groups excluding carboxylic acids is 1. The van der Waals surface area contributed by atoms with Gasteiger partial charge < -0.3 is 10.6 Å². The third-order valence-electron chi connectivity index (χ3n) is 2.66. The van der Waals surface area contributed by atoms with Crippen LogP contribution < -0.4 is 10.6 Å². The quantitative estimate of drug-likeness (QED) is 0.791. The molecule has 2 heterocycles. The topological polar surface area (TPSA) is 59.0 Å². The number of aryl methyl sites for hydroxylation is 1. The Kier molecular flexibility index (Phi) is 3.19. The van der Waals surface area contributed by atoms with Gasteiger partial charge in [0.15, 0.2) is 0 Å². The summed E-state index contributed by atoms with van der Waals surface area (Å²) in [4.78, 5) is 11.7. The summed E-state index contributed by atoms with van der Waals surface area (Å²) in [6.07, 6.45) is 0.942. The van der Waals surface area contributed by atoms with Gasteiger partial charge in [-0.05, 0) is 6.92 Å². The molecule has 1 aromatic heterocycles. The number of carbonyl (C=O) groups is 1. The van der Waals surface area contributed by atoms with Crippen molar-refractivity contribution in [2.75, 3.05) is 11.9 Å². The molecule has 88 valence electrons. The summed E-state index contributed by atoms with van der Waals surface area (Å²) in [5.74, 6) is 0.451. The maximum atomic E-state index is 12.9. The van der Waals surface area contributed by atoms with Crippen LogP contribution in [0.15, 0.2) is 12.3 Å². The van der Waals surface area contributed by atoms with Crippen LogP contribution in [0.25, 0.3) is 0 Å². The Morgan fingerprint density at radius 2 is 2.62 bits per heavy atom. The summed E-state index contributed by atoms with van der Waals surface area (Å²) in [5.41, 5.74) is 0. The van der Waals surface area contributed by atoms with Crippen LogP contribution in [0.4, 0.5) is 10.2 Å². The van der Waals surface area contributed by atoms with E-state index >= 15 is 0 Å². The zero-order chi connectivity index (χ0) is 11.5. The second kappa shape index (κ2) is 4.61. The molecule has 1 aliphatic rings. The molecule has 0 spiro atoms. The van der Waals surface area contributed by atoms with Gasteiger partial charge in [0.1, 0.15) is 12.0 Å². The lowest BCUT2D eigenvalue weighted by atomic mass is 10.2. The molecule has 16 heavy (non-hydrogen) atoms. The predicted octanol–water partition coefficient (Wildman–Crippen LogP) is 0.541. The minimum Gasteiger partial charge on any atom is -0.310 e. The number of nitrogens with zero attached hydrogens (tertiary/aromatic N) is 2. The maximum Gasteiger partial charge on any atom is 0.242 e. The van der Waals surface area contributed by atoms with E-state index in [1.165, 1.54) is 0 Å². The Morgan fingerprint density at radius 3 is 3.25 bits per heavy atom. The molecule has 2 atom stereocenters. The Labute approximate surface area is 93.0 Å². The maximum absolute atomic E-state index is 12.9. The predicted molar refractivity (Wildman–Crippen MR) is 57.8 cm³/mol. The number of alkyl halides is 1. The van der Waals surface area contributed by atoms with E-state index < -0.39 is 12.2 Å². The van der Waals surface area contributed by atoms with Crippen molar-refractivity contribution < 1.29 is 9.18 Å². The molecule has 0 aliphatic carbocycles.